The van der Waals surface area contributed by atoms with Gasteiger partial charge in [0.25, 0.3) is 0 Å². The average molecular weight is 445 g/mol. The van der Waals surface area contributed by atoms with Gasteiger partial charge in [-0.2, -0.15) is 0 Å². The minimum Gasteiger partial charge on any atom is -0.496 e. The molecular formula is C20H17BrN2O3S. The molecule has 3 aromatic rings. The van der Waals surface area contributed by atoms with E-state index in [0.717, 1.165) is 26.4 Å². The molecule has 0 bridgehead atoms. The van der Waals surface area contributed by atoms with Crippen LogP contribution in [-0.2, 0) is 11.8 Å². The van der Waals surface area contributed by atoms with Crippen LogP contribution in [0, 0.1) is 0 Å². The SMILES string of the molecule is COc1ccccc1C1CC(=O)N(c2ccc(Br)cc2)c2c1sc(=O)n2C. The number of amides is 1. The van der Waals surface area contributed by atoms with Crippen molar-refractivity contribution in [1.82, 2.24) is 4.57 Å². The largest absolute Gasteiger partial charge is 0.496 e. The Labute approximate surface area is 168 Å². The van der Waals surface area contributed by atoms with Crippen LogP contribution >= 0.6 is 27.3 Å². The van der Waals surface area contributed by atoms with Crippen molar-refractivity contribution in [2.75, 3.05) is 12.0 Å². The zero-order valence-electron chi connectivity index (χ0n) is 14.8. The minimum absolute atomic E-state index is 0.0471. The van der Waals surface area contributed by atoms with Gasteiger partial charge in [-0.05, 0) is 30.3 Å². The summed E-state index contributed by atoms with van der Waals surface area (Å²) in [6.07, 6.45) is 0.281. The number of fused-ring (bicyclic) bond motifs is 1. The molecule has 0 spiro atoms. The highest BCUT2D eigenvalue weighted by Gasteiger charge is 2.38. The van der Waals surface area contributed by atoms with Gasteiger partial charge in [0.1, 0.15) is 11.6 Å². The van der Waals surface area contributed by atoms with E-state index in [1.165, 1.54) is 11.3 Å². The third-order valence-electron chi connectivity index (χ3n) is 4.76. The van der Waals surface area contributed by atoms with E-state index in [2.05, 4.69) is 15.9 Å². The van der Waals surface area contributed by atoms with Gasteiger partial charge >= 0.3 is 4.87 Å². The Morgan fingerprint density at radius 3 is 2.52 bits per heavy atom. The molecule has 1 amide bonds. The van der Waals surface area contributed by atoms with Crippen LogP contribution in [0.4, 0.5) is 11.5 Å². The predicted octanol–water partition coefficient (Wildman–Crippen LogP) is 4.42. The average Bonchev–Trinajstić information content (AvgIpc) is 2.97. The summed E-state index contributed by atoms with van der Waals surface area (Å²) >= 11 is 4.61. The van der Waals surface area contributed by atoms with Gasteiger partial charge in [-0.1, -0.05) is 45.5 Å². The molecule has 0 saturated carbocycles. The van der Waals surface area contributed by atoms with Crippen LogP contribution in [-0.4, -0.2) is 17.6 Å². The Kier molecular flexibility index (Phi) is 4.65. The lowest BCUT2D eigenvalue weighted by molar-refractivity contribution is -0.118. The van der Waals surface area contributed by atoms with Gasteiger partial charge in [-0.15, -0.1) is 0 Å². The number of hydrogen-bond donors (Lipinski definition) is 0. The topological polar surface area (TPSA) is 51.5 Å². The standard InChI is InChI=1S/C20H17BrN2O3S/c1-22-19-18(27-20(22)25)15(14-5-3-4-6-16(14)26-2)11-17(24)23(19)13-9-7-12(21)8-10-13/h3-10,15H,11H2,1-2H3. The summed E-state index contributed by atoms with van der Waals surface area (Å²) in [5, 5.41) is 0. The summed E-state index contributed by atoms with van der Waals surface area (Å²) in [7, 11) is 3.33. The Balaban J connectivity index is 1.91. The van der Waals surface area contributed by atoms with Gasteiger partial charge in [0.2, 0.25) is 5.91 Å². The molecule has 1 aliphatic heterocycles. The molecule has 4 rings (SSSR count). The van der Waals surface area contributed by atoms with Gasteiger partial charge < -0.3 is 4.74 Å². The van der Waals surface area contributed by atoms with Gasteiger partial charge in [-0.3, -0.25) is 19.1 Å². The molecule has 1 atom stereocenters. The first kappa shape index (κ1) is 18.0. The van der Waals surface area contributed by atoms with Crippen LogP contribution in [0.1, 0.15) is 22.8 Å². The number of hydrogen-bond acceptors (Lipinski definition) is 4. The maximum Gasteiger partial charge on any atom is 0.308 e. The summed E-state index contributed by atoms with van der Waals surface area (Å²) in [6, 6.07) is 15.2. The fourth-order valence-electron chi connectivity index (χ4n) is 3.49. The minimum atomic E-state index is -0.200. The second-order valence-electron chi connectivity index (χ2n) is 6.32. The van der Waals surface area contributed by atoms with Crippen molar-refractivity contribution in [1.29, 1.82) is 0 Å². The van der Waals surface area contributed by atoms with Gasteiger partial charge in [0.15, 0.2) is 0 Å². The van der Waals surface area contributed by atoms with Crippen molar-refractivity contribution in [2.24, 2.45) is 7.05 Å². The maximum atomic E-state index is 13.1. The van der Waals surface area contributed by atoms with Crippen molar-refractivity contribution in [3.05, 3.63) is 73.1 Å². The molecule has 0 saturated heterocycles. The van der Waals surface area contributed by atoms with Crippen LogP contribution in [0.3, 0.4) is 0 Å². The highest BCUT2D eigenvalue weighted by molar-refractivity contribution is 9.10. The smallest absolute Gasteiger partial charge is 0.308 e. The molecule has 0 N–H and O–H groups in total. The third-order valence-corrected chi connectivity index (χ3v) is 6.43. The molecule has 1 aliphatic rings. The Hall–Kier alpha value is -2.38. The molecule has 7 heteroatoms. The zero-order chi connectivity index (χ0) is 19.1. The molecule has 1 aromatic heterocycles. The number of carbonyl (C=O) groups excluding carboxylic acids is 1. The monoisotopic (exact) mass is 444 g/mol. The van der Waals surface area contributed by atoms with E-state index in [9.17, 15) is 9.59 Å². The fraction of sp³-hybridized carbons (Fsp3) is 0.200. The van der Waals surface area contributed by atoms with Crippen molar-refractivity contribution < 1.29 is 9.53 Å². The quantitative estimate of drug-likeness (QED) is 0.600. The summed E-state index contributed by atoms with van der Waals surface area (Å²) in [6.45, 7) is 0. The molecule has 138 valence electrons. The van der Waals surface area contributed by atoms with Crippen molar-refractivity contribution in [2.45, 2.75) is 12.3 Å². The Morgan fingerprint density at radius 1 is 1.11 bits per heavy atom. The fourth-order valence-corrected chi connectivity index (χ4v) is 4.83. The predicted molar refractivity (Wildman–Crippen MR) is 110 cm³/mol. The summed E-state index contributed by atoms with van der Waals surface area (Å²) in [5.41, 5.74) is 1.67. The van der Waals surface area contributed by atoms with Crippen LogP contribution in [0.2, 0.25) is 0 Å². The highest BCUT2D eigenvalue weighted by atomic mass is 79.9. The van der Waals surface area contributed by atoms with E-state index < -0.39 is 0 Å². The number of thiazole rings is 1. The van der Waals surface area contributed by atoms with Gasteiger partial charge in [0.05, 0.1) is 17.7 Å². The molecule has 0 fully saturated rings. The van der Waals surface area contributed by atoms with Crippen molar-refractivity contribution >= 4 is 44.7 Å². The normalized spacial score (nSPS) is 16.3. The van der Waals surface area contributed by atoms with Crippen molar-refractivity contribution in [3.63, 3.8) is 0 Å². The molecule has 27 heavy (non-hydrogen) atoms. The molecule has 0 radical (unpaired) electrons. The number of nitrogens with zero attached hydrogens (tertiary/aromatic N) is 2. The lowest BCUT2D eigenvalue weighted by atomic mass is 9.89. The van der Waals surface area contributed by atoms with Crippen molar-refractivity contribution in [3.8, 4) is 5.75 Å². The molecular weight excluding hydrogens is 428 g/mol. The highest BCUT2D eigenvalue weighted by Crippen LogP contribution is 2.46. The number of carbonyl (C=O) groups is 1. The van der Waals surface area contributed by atoms with Gasteiger partial charge in [-0.25, -0.2) is 0 Å². The second kappa shape index (κ2) is 6.98. The van der Waals surface area contributed by atoms with E-state index in [-0.39, 0.29) is 23.1 Å². The molecule has 2 heterocycles. The first-order valence-electron chi connectivity index (χ1n) is 8.42. The summed E-state index contributed by atoms with van der Waals surface area (Å²) in [5.74, 6) is 1.12. The first-order chi connectivity index (χ1) is 13.0. The maximum absolute atomic E-state index is 13.1. The van der Waals surface area contributed by atoms with E-state index >= 15 is 0 Å². The number of ether oxygens (including phenoxy) is 1. The molecule has 5 nitrogen and oxygen atoms in total. The Morgan fingerprint density at radius 2 is 1.81 bits per heavy atom. The summed E-state index contributed by atoms with van der Waals surface area (Å²) in [4.78, 5) is 28.1. The number of methoxy groups -OCH3 is 1. The number of halogens is 1. The van der Waals surface area contributed by atoms with Crippen LogP contribution in [0.5, 0.6) is 5.75 Å². The zero-order valence-corrected chi connectivity index (χ0v) is 17.2. The number of benzene rings is 2. The second-order valence-corrected chi connectivity index (χ2v) is 8.23. The molecule has 2 aromatic carbocycles. The van der Waals surface area contributed by atoms with Gasteiger partial charge in [0, 0.05) is 29.4 Å². The van der Waals surface area contributed by atoms with E-state index in [0.29, 0.717) is 5.82 Å². The Bertz CT molecular complexity index is 1070. The van der Waals surface area contributed by atoms with E-state index in [1.807, 2.05) is 48.5 Å². The van der Waals surface area contributed by atoms with Crippen LogP contribution in [0.15, 0.2) is 57.8 Å². The van der Waals surface area contributed by atoms with Crippen LogP contribution < -0.4 is 14.5 Å². The molecule has 1 unspecified atom stereocenters. The number of aromatic nitrogens is 1. The summed E-state index contributed by atoms with van der Waals surface area (Å²) < 4.78 is 7.99. The number of anilines is 2. The van der Waals surface area contributed by atoms with Crippen LogP contribution in [0.25, 0.3) is 0 Å². The van der Waals surface area contributed by atoms with E-state index in [4.69, 9.17) is 4.74 Å². The lowest BCUT2D eigenvalue weighted by Gasteiger charge is -2.32. The third kappa shape index (κ3) is 3.00. The molecule has 0 aliphatic carbocycles. The number of rotatable bonds is 3. The van der Waals surface area contributed by atoms with E-state index in [1.54, 1.807) is 23.6 Å². The lowest BCUT2D eigenvalue weighted by Crippen LogP contribution is -2.34. The first-order valence-corrected chi connectivity index (χ1v) is 10.0. The number of para-hydroxylation sites is 1.